The summed E-state index contributed by atoms with van der Waals surface area (Å²) in [7, 11) is 2.80. The van der Waals surface area contributed by atoms with Crippen LogP contribution in [0.4, 0.5) is 5.00 Å². The molecule has 1 heterocycles. The van der Waals surface area contributed by atoms with Crippen molar-refractivity contribution in [3.63, 3.8) is 0 Å². The third-order valence-electron chi connectivity index (χ3n) is 5.99. The predicted octanol–water partition coefficient (Wildman–Crippen LogP) is 4.74. The van der Waals surface area contributed by atoms with Gasteiger partial charge in [0.25, 0.3) is 0 Å². The van der Waals surface area contributed by atoms with Gasteiger partial charge >= 0.3 is 17.8 Å². The number of nitrogens with zero attached hydrogens (tertiary/aromatic N) is 1. The van der Waals surface area contributed by atoms with Crippen LogP contribution in [0.3, 0.4) is 0 Å². The van der Waals surface area contributed by atoms with Gasteiger partial charge in [-0.2, -0.15) is 5.10 Å². The minimum absolute atomic E-state index is 0.262. The Bertz CT molecular complexity index is 1420. The van der Waals surface area contributed by atoms with E-state index < -0.39 is 17.8 Å². The molecular weight excluding hydrogens is 530 g/mol. The number of esters is 1. The van der Waals surface area contributed by atoms with Crippen molar-refractivity contribution in [3.05, 3.63) is 74.6 Å². The average Bonchev–Trinajstić information content (AvgIpc) is 3.51. The zero-order valence-corrected chi connectivity index (χ0v) is 22.6. The molecular formula is C27H26ClN3O6S. The number of thiophene rings is 1. The summed E-state index contributed by atoms with van der Waals surface area (Å²) in [5.74, 6) is -1.47. The van der Waals surface area contributed by atoms with Gasteiger partial charge in [0.2, 0.25) is 0 Å². The van der Waals surface area contributed by atoms with Gasteiger partial charge in [0.15, 0.2) is 11.5 Å². The second kappa shape index (κ2) is 12.1. The van der Waals surface area contributed by atoms with E-state index >= 15 is 0 Å². The molecule has 198 valence electrons. The van der Waals surface area contributed by atoms with Crippen LogP contribution in [0.2, 0.25) is 5.02 Å². The molecule has 0 bridgehead atoms. The van der Waals surface area contributed by atoms with Crippen LogP contribution in [-0.4, -0.2) is 37.7 Å². The summed E-state index contributed by atoms with van der Waals surface area (Å²) < 4.78 is 16.2. The highest BCUT2D eigenvalue weighted by atomic mass is 35.5. The average molecular weight is 556 g/mol. The topological polar surface area (TPSA) is 115 Å². The molecule has 2 N–H and O–H groups in total. The van der Waals surface area contributed by atoms with Crippen LogP contribution < -0.4 is 20.2 Å². The van der Waals surface area contributed by atoms with Gasteiger partial charge in [-0.05, 0) is 56.0 Å². The lowest BCUT2D eigenvalue weighted by molar-refractivity contribution is -0.136. The largest absolute Gasteiger partial charge is 0.493 e. The fourth-order valence-electron chi connectivity index (χ4n) is 4.00. The summed E-state index contributed by atoms with van der Waals surface area (Å²) in [4.78, 5) is 38.2. The van der Waals surface area contributed by atoms with E-state index in [0.29, 0.717) is 38.4 Å². The summed E-state index contributed by atoms with van der Waals surface area (Å²) in [6, 6.07) is 12.6. The first-order chi connectivity index (χ1) is 18.3. The molecule has 0 saturated carbocycles. The van der Waals surface area contributed by atoms with Crippen molar-refractivity contribution < 1.29 is 28.6 Å². The molecule has 0 spiro atoms. The number of anilines is 1. The highest BCUT2D eigenvalue weighted by Crippen LogP contribution is 2.39. The van der Waals surface area contributed by atoms with E-state index in [2.05, 4.69) is 15.8 Å². The molecule has 11 heteroatoms. The normalized spacial score (nSPS) is 12.5. The van der Waals surface area contributed by atoms with Gasteiger partial charge < -0.3 is 19.5 Å². The molecule has 0 saturated heterocycles. The Hall–Kier alpha value is -3.89. The van der Waals surface area contributed by atoms with Crippen molar-refractivity contribution >= 4 is 51.4 Å². The molecule has 1 aromatic heterocycles. The molecule has 0 fully saturated rings. The molecule has 38 heavy (non-hydrogen) atoms. The molecule has 0 unspecified atom stereocenters. The maximum absolute atomic E-state index is 12.5. The van der Waals surface area contributed by atoms with E-state index in [-0.39, 0.29) is 6.61 Å². The molecule has 2 amide bonds. The number of amides is 2. The summed E-state index contributed by atoms with van der Waals surface area (Å²) >= 11 is 7.48. The number of fused-ring (bicyclic) bond motifs is 1. The number of carbonyl (C=O) groups excluding carboxylic acids is 3. The zero-order valence-electron chi connectivity index (χ0n) is 21.1. The van der Waals surface area contributed by atoms with E-state index in [1.165, 1.54) is 25.6 Å². The number of ether oxygens (including phenoxy) is 3. The molecule has 1 aliphatic rings. The number of hydrazone groups is 1. The molecule has 9 nitrogen and oxygen atoms in total. The van der Waals surface area contributed by atoms with Crippen molar-refractivity contribution in [2.45, 2.75) is 32.8 Å². The van der Waals surface area contributed by atoms with E-state index in [0.717, 1.165) is 35.3 Å². The molecule has 0 atom stereocenters. The monoisotopic (exact) mass is 555 g/mol. The van der Waals surface area contributed by atoms with Crippen molar-refractivity contribution in [1.29, 1.82) is 0 Å². The van der Waals surface area contributed by atoms with Gasteiger partial charge in [-0.1, -0.05) is 29.8 Å². The van der Waals surface area contributed by atoms with Crippen LogP contribution in [0.5, 0.6) is 11.5 Å². The van der Waals surface area contributed by atoms with E-state index in [9.17, 15) is 14.4 Å². The van der Waals surface area contributed by atoms with Crippen molar-refractivity contribution in [1.82, 2.24) is 5.43 Å². The lowest BCUT2D eigenvalue weighted by Crippen LogP contribution is -2.33. The molecule has 2 aromatic carbocycles. The third kappa shape index (κ3) is 5.98. The Morgan fingerprint density at radius 3 is 2.58 bits per heavy atom. The highest BCUT2D eigenvalue weighted by molar-refractivity contribution is 7.17. The second-order valence-corrected chi connectivity index (χ2v) is 9.90. The van der Waals surface area contributed by atoms with Crippen LogP contribution in [0.15, 0.2) is 47.6 Å². The number of benzene rings is 2. The van der Waals surface area contributed by atoms with E-state index in [1.807, 2.05) is 18.2 Å². The summed E-state index contributed by atoms with van der Waals surface area (Å²) in [6.45, 7) is 1.94. The maximum atomic E-state index is 12.5. The van der Waals surface area contributed by atoms with Gasteiger partial charge in [0.05, 0.1) is 25.5 Å². The number of hydrogen-bond donors (Lipinski definition) is 2. The quantitative estimate of drug-likeness (QED) is 0.179. The Kier molecular flexibility index (Phi) is 8.65. The van der Waals surface area contributed by atoms with Crippen LogP contribution >= 0.6 is 22.9 Å². The van der Waals surface area contributed by atoms with Crippen LogP contribution in [0, 0.1) is 0 Å². The van der Waals surface area contributed by atoms with E-state index in [4.69, 9.17) is 25.8 Å². The molecule has 3 aromatic rings. The van der Waals surface area contributed by atoms with Crippen molar-refractivity contribution in [2.24, 2.45) is 5.10 Å². The van der Waals surface area contributed by atoms with Crippen LogP contribution in [0.25, 0.3) is 0 Å². The number of halogens is 1. The number of carbonyl (C=O) groups is 3. The summed E-state index contributed by atoms with van der Waals surface area (Å²) in [6.07, 6.45) is 2.49. The van der Waals surface area contributed by atoms with E-state index in [1.54, 1.807) is 31.2 Å². The maximum Gasteiger partial charge on any atom is 0.341 e. The van der Waals surface area contributed by atoms with Crippen molar-refractivity contribution in [2.75, 3.05) is 19.5 Å². The number of rotatable bonds is 8. The molecule has 4 rings (SSSR count). The standard InChI is InChI=1S/C27H26ClN3O6S/c1-15(16-11-12-20(21(13-16)35-2)37-14-17-7-4-5-9-19(17)28)30-31-25(33)24(32)29-26-23(27(34)36-3)18-8-6-10-22(18)38-26/h4-5,7,9,11-13H,6,8,10,14H2,1-3H3,(H,29,32)(H,31,33)/b30-15+. The Balaban J connectivity index is 1.41. The smallest absolute Gasteiger partial charge is 0.341 e. The lowest BCUT2D eigenvalue weighted by atomic mass is 10.1. The van der Waals surface area contributed by atoms with Crippen LogP contribution in [-0.2, 0) is 33.8 Å². The Morgan fingerprint density at radius 2 is 1.84 bits per heavy atom. The summed E-state index contributed by atoms with van der Waals surface area (Å²) in [5.41, 5.74) is 5.37. The summed E-state index contributed by atoms with van der Waals surface area (Å²) in [5, 5.41) is 7.48. The zero-order chi connectivity index (χ0) is 27.2. The fraction of sp³-hybridized carbons (Fsp3) is 0.259. The molecule has 0 radical (unpaired) electrons. The predicted molar refractivity (Wildman–Crippen MR) is 145 cm³/mol. The molecule has 0 aliphatic heterocycles. The highest BCUT2D eigenvalue weighted by Gasteiger charge is 2.29. The van der Waals surface area contributed by atoms with Gasteiger partial charge in [0, 0.05) is 21.0 Å². The van der Waals surface area contributed by atoms with Crippen molar-refractivity contribution in [3.8, 4) is 11.5 Å². The second-order valence-electron chi connectivity index (χ2n) is 8.39. The fourth-order valence-corrected chi connectivity index (χ4v) is 5.47. The first-order valence-corrected chi connectivity index (χ1v) is 12.9. The minimum Gasteiger partial charge on any atom is -0.493 e. The van der Waals surface area contributed by atoms with Gasteiger partial charge in [-0.3, -0.25) is 9.59 Å². The Labute approximate surface area is 228 Å². The first kappa shape index (κ1) is 27.2. The first-order valence-electron chi connectivity index (χ1n) is 11.8. The number of methoxy groups -OCH3 is 2. The molecule has 1 aliphatic carbocycles. The van der Waals surface area contributed by atoms with Gasteiger partial charge in [0.1, 0.15) is 11.6 Å². The van der Waals surface area contributed by atoms with Crippen LogP contribution in [0.1, 0.15) is 45.3 Å². The third-order valence-corrected chi connectivity index (χ3v) is 7.57. The SMILES string of the molecule is COC(=O)c1c(NC(=O)C(=O)N/N=C(\C)c2ccc(OCc3ccccc3Cl)c(OC)c2)sc2c1CCC2. The number of aryl methyl sites for hydroxylation is 1. The van der Waals surface area contributed by atoms with Gasteiger partial charge in [-0.25, -0.2) is 10.2 Å². The number of hydrogen-bond acceptors (Lipinski definition) is 8. The number of nitrogens with one attached hydrogen (secondary N) is 2. The minimum atomic E-state index is -0.972. The van der Waals surface area contributed by atoms with Gasteiger partial charge in [-0.15, -0.1) is 11.3 Å². The Morgan fingerprint density at radius 1 is 1.05 bits per heavy atom. The lowest BCUT2D eigenvalue weighted by Gasteiger charge is -2.13.